The highest BCUT2D eigenvalue weighted by Gasteiger charge is 2.15. The molecule has 3 N–H and O–H groups in total. The summed E-state index contributed by atoms with van der Waals surface area (Å²) in [6.45, 7) is 1.92. The van der Waals surface area contributed by atoms with Crippen LogP contribution in [0.3, 0.4) is 0 Å². The van der Waals surface area contributed by atoms with Gasteiger partial charge in [-0.3, -0.25) is 10.2 Å². The van der Waals surface area contributed by atoms with Gasteiger partial charge in [0.2, 0.25) is 11.1 Å². The van der Waals surface area contributed by atoms with Crippen LogP contribution in [0.5, 0.6) is 0 Å². The molecule has 0 bridgehead atoms. The summed E-state index contributed by atoms with van der Waals surface area (Å²) in [5.41, 5.74) is 2.99. The van der Waals surface area contributed by atoms with Gasteiger partial charge in [0.1, 0.15) is 0 Å². The molecular formula is C11H14N6OS. The third-order valence-electron chi connectivity index (χ3n) is 2.38. The number of tetrazole rings is 1. The number of carbonyl (C=O) groups is 1. The molecule has 7 nitrogen and oxygen atoms in total. The van der Waals surface area contributed by atoms with Gasteiger partial charge in [-0.1, -0.05) is 36.9 Å². The van der Waals surface area contributed by atoms with Gasteiger partial charge in [-0.15, -0.1) is 5.10 Å². The van der Waals surface area contributed by atoms with E-state index in [-0.39, 0.29) is 11.2 Å². The molecule has 0 fully saturated rings. The number of aromatic nitrogens is 4. The van der Waals surface area contributed by atoms with Crippen molar-refractivity contribution in [1.29, 1.82) is 0 Å². The summed E-state index contributed by atoms with van der Waals surface area (Å²) in [4.78, 5) is 11.2. The number of thioether (sulfide) groups is 1. The number of nitrogens with zero attached hydrogens (tertiary/aromatic N) is 4. The minimum absolute atomic E-state index is 0.0250. The van der Waals surface area contributed by atoms with Crippen molar-refractivity contribution in [1.82, 2.24) is 25.6 Å². The summed E-state index contributed by atoms with van der Waals surface area (Å²) in [6, 6.07) is 9.58. The number of para-hydroxylation sites is 1. The van der Waals surface area contributed by atoms with Crippen LogP contribution in [-0.2, 0) is 4.79 Å². The second kappa shape index (κ2) is 6.30. The van der Waals surface area contributed by atoms with Gasteiger partial charge in [0, 0.05) is 11.7 Å². The normalized spacial score (nSPS) is 12.1. The first-order chi connectivity index (χ1) is 9.20. The third kappa shape index (κ3) is 3.52. The Kier molecular flexibility index (Phi) is 4.48. The molecule has 1 amide bonds. The van der Waals surface area contributed by atoms with Crippen LogP contribution in [0.1, 0.15) is 13.3 Å². The molecule has 1 aromatic heterocycles. The summed E-state index contributed by atoms with van der Waals surface area (Å²) in [5, 5.41) is 12.3. The van der Waals surface area contributed by atoms with E-state index in [1.54, 1.807) is 4.68 Å². The molecule has 0 aliphatic heterocycles. The van der Waals surface area contributed by atoms with E-state index in [1.165, 1.54) is 11.8 Å². The summed E-state index contributed by atoms with van der Waals surface area (Å²) >= 11 is 1.43. The van der Waals surface area contributed by atoms with E-state index in [9.17, 15) is 4.79 Å². The largest absolute Gasteiger partial charge is 0.294 e. The zero-order valence-corrected chi connectivity index (χ0v) is 11.2. The van der Waals surface area contributed by atoms with Gasteiger partial charge in [-0.2, -0.15) is 4.68 Å². The van der Waals surface area contributed by atoms with Crippen LogP contribution in [0.15, 0.2) is 35.5 Å². The Bertz CT molecular complexity index is 543. The van der Waals surface area contributed by atoms with Gasteiger partial charge in [-0.05, 0) is 22.6 Å². The van der Waals surface area contributed by atoms with Crippen LogP contribution >= 0.6 is 11.8 Å². The second-order valence-corrected chi connectivity index (χ2v) is 5.31. The monoisotopic (exact) mass is 278 g/mol. The summed E-state index contributed by atoms with van der Waals surface area (Å²) in [7, 11) is 0. The molecule has 0 saturated heterocycles. The Hall–Kier alpha value is -1.93. The molecule has 1 atom stereocenters. The lowest BCUT2D eigenvalue weighted by Crippen LogP contribution is -2.31. The van der Waals surface area contributed by atoms with Crippen LogP contribution in [0.2, 0.25) is 0 Å². The fourth-order valence-corrected chi connectivity index (χ4v) is 2.45. The number of hydrogen-bond donors (Lipinski definition) is 2. The van der Waals surface area contributed by atoms with Gasteiger partial charge >= 0.3 is 0 Å². The molecule has 1 aromatic carbocycles. The minimum atomic E-state index is -0.210. The summed E-state index contributed by atoms with van der Waals surface area (Å²) in [5.74, 6) is 4.85. The first kappa shape index (κ1) is 13.5. The van der Waals surface area contributed by atoms with Crippen molar-refractivity contribution in [2.75, 3.05) is 0 Å². The molecule has 1 heterocycles. The van der Waals surface area contributed by atoms with Gasteiger partial charge in [-0.25, -0.2) is 5.84 Å². The Morgan fingerprint density at radius 1 is 1.47 bits per heavy atom. The van der Waals surface area contributed by atoms with Gasteiger partial charge < -0.3 is 0 Å². The zero-order chi connectivity index (χ0) is 13.7. The highest BCUT2D eigenvalue weighted by molar-refractivity contribution is 7.99. The number of amides is 1. The average Bonchev–Trinajstić information content (AvgIpc) is 2.87. The molecule has 0 spiro atoms. The number of nitrogens with two attached hydrogens (primary N) is 1. The van der Waals surface area contributed by atoms with E-state index in [0.29, 0.717) is 11.6 Å². The number of rotatable bonds is 5. The predicted octanol–water partition coefficient (Wildman–Crippen LogP) is 0.523. The van der Waals surface area contributed by atoms with Gasteiger partial charge in [0.05, 0.1) is 5.69 Å². The van der Waals surface area contributed by atoms with Crippen molar-refractivity contribution in [2.45, 2.75) is 23.8 Å². The lowest BCUT2D eigenvalue weighted by Gasteiger charge is -2.09. The first-order valence-corrected chi connectivity index (χ1v) is 6.58. The predicted molar refractivity (Wildman–Crippen MR) is 71.4 cm³/mol. The Labute approximate surface area is 114 Å². The molecule has 100 valence electrons. The first-order valence-electron chi connectivity index (χ1n) is 5.70. The molecule has 0 aliphatic carbocycles. The van der Waals surface area contributed by atoms with E-state index in [1.807, 2.05) is 37.3 Å². The fraction of sp³-hybridized carbons (Fsp3) is 0.273. The van der Waals surface area contributed by atoms with Crippen LogP contribution < -0.4 is 11.3 Å². The SMILES string of the molecule is CC(CC(=O)NN)Sc1nnnn1-c1ccccc1. The molecule has 0 radical (unpaired) electrons. The number of nitrogens with one attached hydrogen (secondary N) is 1. The maximum atomic E-state index is 11.2. The molecule has 8 heteroatoms. The third-order valence-corrected chi connectivity index (χ3v) is 3.42. The zero-order valence-electron chi connectivity index (χ0n) is 10.4. The van der Waals surface area contributed by atoms with Crippen molar-refractivity contribution < 1.29 is 4.79 Å². The number of hydrazine groups is 1. The summed E-state index contributed by atoms with van der Waals surface area (Å²) < 4.78 is 1.64. The molecule has 2 rings (SSSR count). The minimum Gasteiger partial charge on any atom is -0.294 e. The van der Waals surface area contributed by atoms with Gasteiger partial charge in [0.15, 0.2) is 0 Å². The van der Waals surface area contributed by atoms with Crippen molar-refractivity contribution >= 4 is 17.7 Å². The standard InChI is InChI=1S/C11H14N6OS/c1-8(7-10(18)13-12)19-11-14-15-16-17(11)9-5-3-2-4-6-9/h2-6,8H,7,12H2,1H3,(H,13,18). The molecule has 19 heavy (non-hydrogen) atoms. The molecular weight excluding hydrogens is 264 g/mol. The van der Waals surface area contributed by atoms with E-state index < -0.39 is 0 Å². The summed E-state index contributed by atoms with van der Waals surface area (Å²) in [6.07, 6.45) is 0.308. The van der Waals surface area contributed by atoms with Gasteiger partial charge in [0.25, 0.3) is 0 Å². The average molecular weight is 278 g/mol. The second-order valence-electron chi connectivity index (χ2n) is 3.91. The highest BCUT2D eigenvalue weighted by Crippen LogP contribution is 2.24. The smallest absolute Gasteiger partial charge is 0.234 e. The number of benzene rings is 1. The molecule has 1 unspecified atom stereocenters. The molecule has 2 aromatic rings. The van der Waals surface area contributed by atoms with E-state index in [2.05, 4.69) is 21.0 Å². The van der Waals surface area contributed by atoms with Crippen LogP contribution in [0.25, 0.3) is 5.69 Å². The Balaban J connectivity index is 2.10. The lowest BCUT2D eigenvalue weighted by atomic mass is 10.3. The van der Waals surface area contributed by atoms with E-state index >= 15 is 0 Å². The topological polar surface area (TPSA) is 98.7 Å². The van der Waals surface area contributed by atoms with Crippen molar-refractivity contribution in [3.05, 3.63) is 30.3 Å². The van der Waals surface area contributed by atoms with Crippen molar-refractivity contribution in [2.24, 2.45) is 5.84 Å². The van der Waals surface area contributed by atoms with E-state index in [0.717, 1.165) is 5.69 Å². The van der Waals surface area contributed by atoms with Crippen molar-refractivity contribution in [3.8, 4) is 5.69 Å². The lowest BCUT2D eigenvalue weighted by molar-refractivity contribution is -0.121. The fourth-order valence-electron chi connectivity index (χ4n) is 1.53. The highest BCUT2D eigenvalue weighted by atomic mass is 32.2. The van der Waals surface area contributed by atoms with Crippen LogP contribution in [0.4, 0.5) is 0 Å². The molecule has 0 saturated carbocycles. The molecule has 0 aliphatic rings. The van der Waals surface area contributed by atoms with Crippen molar-refractivity contribution in [3.63, 3.8) is 0 Å². The van der Waals surface area contributed by atoms with Crippen LogP contribution in [0, 0.1) is 0 Å². The maximum absolute atomic E-state index is 11.2. The Morgan fingerprint density at radius 3 is 2.89 bits per heavy atom. The number of hydrogen-bond acceptors (Lipinski definition) is 6. The van der Waals surface area contributed by atoms with E-state index in [4.69, 9.17) is 5.84 Å². The quantitative estimate of drug-likeness (QED) is 0.358. The Morgan fingerprint density at radius 2 is 2.21 bits per heavy atom. The van der Waals surface area contributed by atoms with Crippen LogP contribution in [-0.4, -0.2) is 31.4 Å². The number of carbonyl (C=O) groups excluding carboxylic acids is 1. The maximum Gasteiger partial charge on any atom is 0.234 e.